The highest BCUT2D eigenvalue weighted by Gasteiger charge is 2.03. The van der Waals surface area contributed by atoms with E-state index in [1.807, 2.05) is 25.1 Å². The standard InChI is InChI=1S/C13H12Cl2N2/c1-9-3-2-6-16-13(9)8-17-12-7-10(14)4-5-11(12)15/h2-7,17H,8H2,1H3. The van der Waals surface area contributed by atoms with E-state index >= 15 is 0 Å². The third-order valence-corrected chi connectivity index (χ3v) is 3.06. The molecule has 0 unspecified atom stereocenters. The normalized spacial score (nSPS) is 10.3. The van der Waals surface area contributed by atoms with E-state index in [9.17, 15) is 0 Å². The summed E-state index contributed by atoms with van der Waals surface area (Å²) in [6, 6.07) is 9.30. The van der Waals surface area contributed by atoms with Crippen molar-refractivity contribution in [3.63, 3.8) is 0 Å². The molecule has 2 rings (SSSR count). The van der Waals surface area contributed by atoms with Gasteiger partial charge in [0.2, 0.25) is 0 Å². The lowest BCUT2D eigenvalue weighted by molar-refractivity contribution is 1.02. The summed E-state index contributed by atoms with van der Waals surface area (Å²) in [4.78, 5) is 4.31. The van der Waals surface area contributed by atoms with E-state index in [0.717, 1.165) is 16.9 Å². The molecular formula is C13H12Cl2N2. The van der Waals surface area contributed by atoms with Crippen molar-refractivity contribution in [1.29, 1.82) is 0 Å². The predicted molar refractivity (Wildman–Crippen MR) is 72.8 cm³/mol. The van der Waals surface area contributed by atoms with Crippen molar-refractivity contribution in [1.82, 2.24) is 4.98 Å². The summed E-state index contributed by atoms with van der Waals surface area (Å²) in [5.41, 5.74) is 2.98. The highest BCUT2D eigenvalue weighted by molar-refractivity contribution is 6.35. The van der Waals surface area contributed by atoms with Crippen LogP contribution < -0.4 is 5.32 Å². The monoisotopic (exact) mass is 266 g/mol. The minimum Gasteiger partial charge on any atom is -0.378 e. The lowest BCUT2D eigenvalue weighted by atomic mass is 10.2. The van der Waals surface area contributed by atoms with Gasteiger partial charge in [-0.3, -0.25) is 4.98 Å². The molecule has 1 N–H and O–H groups in total. The Morgan fingerprint density at radius 1 is 1.24 bits per heavy atom. The summed E-state index contributed by atoms with van der Waals surface area (Å²) in [5.74, 6) is 0. The molecule has 0 aliphatic carbocycles. The zero-order valence-corrected chi connectivity index (χ0v) is 10.9. The number of halogens is 2. The molecule has 1 aromatic carbocycles. The average molecular weight is 267 g/mol. The fourth-order valence-electron chi connectivity index (χ4n) is 1.52. The van der Waals surface area contributed by atoms with Gasteiger partial charge in [0.1, 0.15) is 0 Å². The molecule has 17 heavy (non-hydrogen) atoms. The molecular weight excluding hydrogens is 255 g/mol. The van der Waals surface area contributed by atoms with Gasteiger partial charge in [0.05, 0.1) is 22.9 Å². The van der Waals surface area contributed by atoms with E-state index in [0.29, 0.717) is 16.6 Å². The maximum absolute atomic E-state index is 6.06. The van der Waals surface area contributed by atoms with Crippen molar-refractivity contribution in [2.24, 2.45) is 0 Å². The van der Waals surface area contributed by atoms with Gasteiger partial charge in [0, 0.05) is 11.2 Å². The summed E-state index contributed by atoms with van der Waals surface area (Å²) in [5, 5.41) is 4.55. The van der Waals surface area contributed by atoms with E-state index < -0.39 is 0 Å². The van der Waals surface area contributed by atoms with Gasteiger partial charge < -0.3 is 5.32 Å². The summed E-state index contributed by atoms with van der Waals surface area (Å²) in [6.45, 7) is 2.66. The first-order valence-electron chi connectivity index (χ1n) is 5.26. The van der Waals surface area contributed by atoms with Crippen LogP contribution in [0.25, 0.3) is 0 Å². The van der Waals surface area contributed by atoms with Crippen LogP contribution in [0.3, 0.4) is 0 Å². The van der Waals surface area contributed by atoms with E-state index in [1.54, 1.807) is 18.3 Å². The number of benzene rings is 1. The van der Waals surface area contributed by atoms with Crippen LogP contribution in [0.1, 0.15) is 11.3 Å². The van der Waals surface area contributed by atoms with Crippen LogP contribution >= 0.6 is 23.2 Å². The Balaban J connectivity index is 2.12. The van der Waals surface area contributed by atoms with Crippen LogP contribution in [-0.2, 0) is 6.54 Å². The van der Waals surface area contributed by atoms with Gasteiger partial charge in [-0.05, 0) is 36.8 Å². The van der Waals surface area contributed by atoms with Crippen LogP contribution in [0, 0.1) is 6.92 Å². The van der Waals surface area contributed by atoms with Crippen molar-refractivity contribution >= 4 is 28.9 Å². The Kier molecular flexibility index (Phi) is 3.87. The molecule has 0 amide bonds. The molecule has 2 nitrogen and oxygen atoms in total. The van der Waals surface area contributed by atoms with Crippen molar-refractivity contribution in [2.75, 3.05) is 5.32 Å². The van der Waals surface area contributed by atoms with Gasteiger partial charge in [-0.25, -0.2) is 0 Å². The number of rotatable bonds is 3. The first kappa shape index (κ1) is 12.2. The third kappa shape index (κ3) is 3.11. The Bertz CT molecular complexity index is 527. The molecule has 1 aromatic heterocycles. The maximum Gasteiger partial charge on any atom is 0.0638 e. The maximum atomic E-state index is 6.06. The largest absolute Gasteiger partial charge is 0.378 e. The Morgan fingerprint density at radius 2 is 2.06 bits per heavy atom. The first-order chi connectivity index (χ1) is 8.16. The van der Waals surface area contributed by atoms with Gasteiger partial charge in [0.25, 0.3) is 0 Å². The van der Waals surface area contributed by atoms with Gasteiger partial charge >= 0.3 is 0 Å². The second-order valence-corrected chi connectivity index (χ2v) is 4.59. The van der Waals surface area contributed by atoms with E-state index in [4.69, 9.17) is 23.2 Å². The van der Waals surface area contributed by atoms with Gasteiger partial charge in [-0.1, -0.05) is 29.3 Å². The van der Waals surface area contributed by atoms with E-state index in [-0.39, 0.29) is 0 Å². The van der Waals surface area contributed by atoms with Crippen LogP contribution in [0.15, 0.2) is 36.5 Å². The zero-order valence-electron chi connectivity index (χ0n) is 9.37. The van der Waals surface area contributed by atoms with Crippen molar-refractivity contribution in [2.45, 2.75) is 13.5 Å². The Hall–Kier alpha value is -1.25. The molecule has 0 spiro atoms. The van der Waals surface area contributed by atoms with Crippen LogP contribution in [-0.4, -0.2) is 4.98 Å². The van der Waals surface area contributed by atoms with Crippen LogP contribution in [0.5, 0.6) is 0 Å². The molecule has 88 valence electrons. The van der Waals surface area contributed by atoms with E-state index in [1.165, 1.54) is 0 Å². The quantitative estimate of drug-likeness (QED) is 0.896. The molecule has 0 aliphatic rings. The second kappa shape index (κ2) is 5.39. The SMILES string of the molecule is Cc1cccnc1CNc1cc(Cl)ccc1Cl. The van der Waals surface area contributed by atoms with Gasteiger partial charge in [-0.15, -0.1) is 0 Å². The summed E-state index contributed by atoms with van der Waals surface area (Å²) >= 11 is 12.0. The number of nitrogens with zero attached hydrogens (tertiary/aromatic N) is 1. The number of hydrogen-bond donors (Lipinski definition) is 1. The topological polar surface area (TPSA) is 24.9 Å². The molecule has 0 saturated carbocycles. The summed E-state index contributed by atoms with van der Waals surface area (Å²) in [6.07, 6.45) is 1.78. The third-order valence-electron chi connectivity index (χ3n) is 2.49. The van der Waals surface area contributed by atoms with Crippen LogP contribution in [0.2, 0.25) is 10.0 Å². The van der Waals surface area contributed by atoms with E-state index in [2.05, 4.69) is 10.3 Å². The molecule has 0 fully saturated rings. The first-order valence-corrected chi connectivity index (χ1v) is 6.02. The molecule has 0 radical (unpaired) electrons. The molecule has 0 atom stereocenters. The number of nitrogens with one attached hydrogen (secondary N) is 1. The fourth-order valence-corrected chi connectivity index (χ4v) is 1.87. The van der Waals surface area contributed by atoms with Crippen LogP contribution in [0.4, 0.5) is 5.69 Å². The number of aryl methyl sites for hydroxylation is 1. The smallest absolute Gasteiger partial charge is 0.0638 e. The summed E-state index contributed by atoms with van der Waals surface area (Å²) in [7, 11) is 0. The minimum atomic E-state index is 0.632. The predicted octanol–water partition coefficient (Wildman–Crippen LogP) is 4.31. The number of pyridine rings is 1. The average Bonchev–Trinajstić information content (AvgIpc) is 2.32. The number of hydrogen-bond acceptors (Lipinski definition) is 2. The minimum absolute atomic E-state index is 0.632. The molecule has 4 heteroatoms. The highest BCUT2D eigenvalue weighted by Crippen LogP contribution is 2.25. The zero-order chi connectivity index (χ0) is 12.3. The lowest BCUT2D eigenvalue weighted by Crippen LogP contribution is -2.03. The Morgan fingerprint density at radius 3 is 2.82 bits per heavy atom. The van der Waals surface area contributed by atoms with Gasteiger partial charge in [0.15, 0.2) is 0 Å². The Labute approximate surface area is 111 Å². The van der Waals surface area contributed by atoms with Crippen molar-refractivity contribution < 1.29 is 0 Å². The lowest BCUT2D eigenvalue weighted by Gasteiger charge is -2.09. The van der Waals surface area contributed by atoms with Gasteiger partial charge in [-0.2, -0.15) is 0 Å². The second-order valence-electron chi connectivity index (χ2n) is 3.74. The fraction of sp³-hybridized carbons (Fsp3) is 0.154. The molecule has 0 aliphatic heterocycles. The number of anilines is 1. The summed E-state index contributed by atoms with van der Waals surface area (Å²) < 4.78 is 0. The molecule has 0 bridgehead atoms. The highest BCUT2D eigenvalue weighted by atomic mass is 35.5. The molecule has 0 saturated heterocycles. The molecule has 1 heterocycles. The van der Waals surface area contributed by atoms with Crippen molar-refractivity contribution in [3.8, 4) is 0 Å². The van der Waals surface area contributed by atoms with Crippen molar-refractivity contribution in [3.05, 3.63) is 57.8 Å². The molecule has 2 aromatic rings. The number of aromatic nitrogens is 1.